The number of carbonyl (C=O) groups excluding carboxylic acids is 1. The van der Waals surface area contributed by atoms with Crippen molar-refractivity contribution in [1.82, 2.24) is 0 Å². The molecule has 0 aliphatic rings. The Morgan fingerprint density at radius 3 is 2.70 bits per heavy atom. The molecule has 0 aromatic heterocycles. The summed E-state index contributed by atoms with van der Waals surface area (Å²) in [5.41, 5.74) is 1.45. The fourth-order valence-electron chi connectivity index (χ4n) is 2.06. The molecule has 0 spiro atoms. The van der Waals surface area contributed by atoms with E-state index in [1.165, 1.54) is 31.4 Å². The first-order chi connectivity index (χ1) is 11.0. The summed E-state index contributed by atoms with van der Waals surface area (Å²) in [6, 6.07) is 7.21. The van der Waals surface area contributed by atoms with E-state index in [0.717, 1.165) is 5.56 Å². The van der Waals surface area contributed by atoms with E-state index in [4.69, 9.17) is 21.1 Å². The minimum atomic E-state index is -0.423. The van der Waals surface area contributed by atoms with Crippen molar-refractivity contribution in [1.29, 1.82) is 0 Å². The van der Waals surface area contributed by atoms with Gasteiger partial charge in [-0.15, -0.1) is 0 Å². The maximum Gasteiger partial charge on any atom is 0.255 e. The molecule has 0 radical (unpaired) electrons. The summed E-state index contributed by atoms with van der Waals surface area (Å²) in [5.74, 6) is -0.0919. The number of rotatable bonds is 5. The molecule has 1 amide bonds. The molecule has 4 nitrogen and oxygen atoms in total. The van der Waals surface area contributed by atoms with Crippen molar-refractivity contribution in [2.45, 2.75) is 13.8 Å². The minimum absolute atomic E-state index is 0.271. The van der Waals surface area contributed by atoms with Crippen LogP contribution in [0.2, 0.25) is 5.02 Å². The third-order valence-electron chi connectivity index (χ3n) is 3.23. The van der Waals surface area contributed by atoms with Gasteiger partial charge in [0.05, 0.1) is 18.7 Å². The number of ether oxygens (including phenoxy) is 2. The largest absolute Gasteiger partial charge is 0.493 e. The van der Waals surface area contributed by atoms with E-state index in [0.29, 0.717) is 29.4 Å². The Morgan fingerprint density at radius 2 is 2.04 bits per heavy atom. The van der Waals surface area contributed by atoms with Crippen molar-refractivity contribution in [2.24, 2.45) is 0 Å². The Morgan fingerprint density at radius 1 is 1.30 bits per heavy atom. The average Bonchev–Trinajstić information content (AvgIpc) is 2.52. The predicted octanol–water partition coefficient (Wildman–Crippen LogP) is 4.45. The number of benzene rings is 2. The average molecular weight is 338 g/mol. The maximum atomic E-state index is 13.3. The number of anilines is 1. The van der Waals surface area contributed by atoms with Crippen molar-refractivity contribution < 1.29 is 18.7 Å². The number of nitrogens with one attached hydrogen (secondary N) is 1. The smallest absolute Gasteiger partial charge is 0.255 e. The molecule has 122 valence electrons. The fraction of sp³-hybridized carbons (Fsp3) is 0.235. The normalized spacial score (nSPS) is 10.3. The SMILES string of the molecule is CCOc1c(Cl)cc(C(=O)Nc2cc(F)ccc2C)cc1OC. The second-order valence-electron chi connectivity index (χ2n) is 4.84. The van der Waals surface area contributed by atoms with Crippen LogP contribution < -0.4 is 14.8 Å². The Hall–Kier alpha value is -2.27. The van der Waals surface area contributed by atoms with Gasteiger partial charge in [-0.3, -0.25) is 4.79 Å². The molecular formula is C17H17ClFNO3. The summed E-state index contributed by atoms with van der Waals surface area (Å²) < 4.78 is 23.9. The second kappa shape index (κ2) is 7.33. The van der Waals surface area contributed by atoms with Crippen LogP contribution in [-0.2, 0) is 0 Å². The molecule has 0 fully saturated rings. The highest BCUT2D eigenvalue weighted by atomic mass is 35.5. The van der Waals surface area contributed by atoms with Gasteiger partial charge in [0.25, 0.3) is 5.91 Å². The quantitative estimate of drug-likeness (QED) is 0.877. The zero-order chi connectivity index (χ0) is 17.0. The molecule has 0 bridgehead atoms. The van der Waals surface area contributed by atoms with Crippen LogP contribution in [0.4, 0.5) is 10.1 Å². The summed E-state index contributed by atoms with van der Waals surface area (Å²) >= 11 is 6.15. The van der Waals surface area contributed by atoms with E-state index in [1.807, 2.05) is 6.92 Å². The van der Waals surface area contributed by atoms with E-state index >= 15 is 0 Å². The fourth-order valence-corrected chi connectivity index (χ4v) is 2.32. The van der Waals surface area contributed by atoms with Gasteiger partial charge >= 0.3 is 0 Å². The third kappa shape index (κ3) is 3.93. The van der Waals surface area contributed by atoms with Crippen molar-refractivity contribution >= 4 is 23.2 Å². The van der Waals surface area contributed by atoms with Gasteiger partial charge in [-0.1, -0.05) is 17.7 Å². The van der Waals surface area contributed by atoms with Crippen LogP contribution in [0.15, 0.2) is 30.3 Å². The van der Waals surface area contributed by atoms with Crippen molar-refractivity contribution in [3.8, 4) is 11.5 Å². The third-order valence-corrected chi connectivity index (χ3v) is 3.51. The zero-order valence-electron chi connectivity index (χ0n) is 13.1. The van der Waals surface area contributed by atoms with E-state index < -0.39 is 11.7 Å². The molecular weight excluding hydrogens is 321 g/mol. The lowest BCUT2D eigenvalue weighted by atomic mass is 10.1. The van der Waals surface area contributed by atoms with Crippen molar-refractivity contribution in [3.05, 3.63) is 52.3 Å². The molecule has 23 heavy (non-hydrogen) atoms. The van der Waals surface area contributed by atoms with Crippen LogP contribution >= 0.6 is 11.6 Å². The maximum absolute atomic E-state index is 13.3. The topological polar surface area (TPSA) is 47.6 Å². The monoisotopic (exact) mass is 337 g/mol. The van der Waals surface area contributed by atoms with Gasteiger partial charge in [0.15, 0.2) is 11.5 Å². The van der Waals surface area contributed by atoms with Gasteiger partial charge in [-0.05, 0) is 43.7 Å². The molecule has 1 N–H and O–H groups in total. The minimum Gasteiger partial charge on any atom is -0.493 e. The van der Waals surface area contributed by atoms with Gasteiger partial charge in [-0.25, -0.2) is 4.39 Å². The molecule has 0 aliphatic heterocycles. The second-order valence-corrected chi connectivity index (χ2v) is 5.24. The van der Waals surface area contributed by atoms with Crippen LogP contribution in [0.1, 0.15) is 22.8 Å². The number of amides is 1. The first-order valence-electron chi connectivity index (χ1n) is 7.04. The Bertz CT molecular complexity index is 734. The van der Waals surface area contributed by atoms with Crippen molar-refractivity contribution in [3.63, 3.8) is 0 Å². The first kappa shape index (κ1) is 17.1. The van der Waals surface area contributed by atoms with Crippen LogP contribution in [0.25, 0.3) is 0 Å². The van der Waals surface area contributed by atoms with Crippen LogP contribution in [0.5, 0.6) is 11.5 Å². The van der Waals surface area contributed by atoms with Crippen LogP contribution in [0, 0.1) is 12.7 Å². The van der Waals surface area contributed by atoms with E-state index in [1.54, 1.807) is 13.0 Å². The number of carbonyl (C=O) groups is 1. The molecule has 0 saturated carbocycles. The lowest BCUT2D eigenvalue weighted by Crippen LogP contribution is -2.13. The summed E-state index contributed by atoms with van der Waals surface area (Å²) in [6.45, 7) is 4.02. The van der Waals surface area contributed by atoms with Gasteiger partial charge < -0.3 is 14.8 Å². The van der Waals surface area contributed by atoms with Gasteiger partial charge in [-0.2, -0.15) is 0 Å². The molecule has 0 atom stereocenters. The molecule has 0 aliphatic carbocycles. The van der Waals surface area contributed by atoms with Crippen molar-refractivity contribution in [2.75, 3.05) is 19.0 Å². The van der Waals surface area contributed by atoms with Gasteiger partial charge in [0, 0.05) is 11.3 Å². The highest BCUT2D eigenvalue weighted by Crippen LogP contribution is 2.36. The van der Waals surface area contributed by atoms with E-state index in [-0.39, 0.29) is 5.02 Å². The zero-order valence-corrected chi connectivity index (χ0v) is 13.8. The summed E-state index contributed by atoms with van der Waals surface area (Å²) in [5, 5.41) is 2.93. The molecule has 2 aromatic carbocycles. The lowest BCUT2D eigenvalue weighted by Gasteiger charge is -2.14. The molecule has 0 unspecified atom stereocenters. The Labute approximate surface area is 139 Å². The lowest BCUT2D eigenvalue weighted by molar-refractivity contribution is 0.102. The first-order valence-corrected chi connectivity index (χ1v) is 7.42. The Kier molecular flexibility index (Phi) is 5.45. The predicted molar refractivity (Wildman–Crippen MR) is 88.3 cm³/mol. The number of halogens is 2. The molecule has 0 saturated heterocycles. The van der Waals surface area contributed by atoms with E-state index in [2.05, 4.69) is 5.32 Å². The summed E-state index contributed by atoms with van der Waals surface area (Å²) in [7, 11) is 1.46. The number of aryl methyl sites for hydroxylation is 1. The van der Waals surface area contributed by atoms with Gasteiger partial charge in [0.1, 0.15) is 5.82 Å². The highest BCUT2D eigenvalue weighted by Gasteiger charge is 2.16. The number of hydrogen-bond acceptors (Lipinski definition) is 3. The van der Waals surface area contributed by atoms with E-state index in [9.17, 15) is 9.18 Å². The molecule has 2 aromatic rings. The Balaban J connectivity index is 2.32. The summed E-state index contributed by atoms with van der Waals surface area (Å²) in [4.78, 5) is 12.4. The molecule has 2 rings (SSSR count). The molecule has 0 heterocycles. The highest BCUT2D eigenvalue weighted by molar-refractivity contribution is 6.32. The van der Waals surface area contributed by atoms with Crippen LogP contribution in [-0.4, -0.2) is 19.6 Å². The molecule has 6 heteroatoms. The van der Waals surface area contributed by atoms with Crippen LogP contribution in [0.3, 0.4) is 0 Å². The number of hydrogen-bond donors (Lipinski definition) is 1. The van der Waals surface area contributed by atoms with Gasteiger partial charge in [0.2, 0.25) is 0 Å². The number of methoxy groups -OCH3 is 1. The standard InChI is InChI=1S/C17H17ClFNO3/c1-4-23-16-13(18)7-11(8-15(16)22-3)17(21)20-14-9-12(19)6-5-10(14)2/h5-9H,4H2,1-3H3,(H,20,21). The summed E-state index contributed by atoms with van der Waals surface area (Å²) in [6.07, 6.45) is 0.